The van der Waals surface area contributed by atoms with Gasteiger partial charge in [-0.1, -0.05) is 11.6 Å². The van der Waals surface area contributed by atoms with Crippen LogP contribution in [0.5, 0.6) is 5.75 Å². The molecule has 0 aliphatic rings. The zero-order valence-corrected chi connectivity index (χ0v) is 9.62. The van der Waals surface area contributed by atoms with Gasteiger partial charge in [-0.25, -0.2) is 4.99 Å². The Hall–Kier alpha value is -1.83. The molecule has 0 amide bonds. The number of halogens is 4. The Labute approximate surface area is 104 Å². The molecule has 98 valence electrons. The number of benzene rings is 1. The van der Waals surface area contributed by atoms with Crippen molar-refractivity contribution in [2.45, 2.75) is 6.18 Å². The fraction of sp³-hybridized carbons (Fsp3) is 0.222. The highest BCUT2D eigenvalue weighted by molar-refractivity contribution is 6.67. The average molecular weight is 283 g/mol. The fourth-order valence-electron chi connectivity index (χ4n) is 1.05. The number of methoxy groups -OCH3 is 1. The Bertz CT molecular complexity index is 502. The maximum Gasteiger partial charge on any atom is 0.444 e. The largest absolute Gasteiger partial charge is 0.494 e. The normalized spacial score (nSPS) is 12.4. The molecule has 0 bridgehead atoms. The zero-order valence-electron chi connectivity index (χ0n) is 8.86. The molecule has 0 aliphatic heterocycles. The van der Waals surface area contributed by atoms with Crippen LogP contribution in [0.3, 0.4) is 0 Å². The van der Waals surface area contributed by atoms with Crippen LogP contribution in [0.15, 0.2) is 23.2 Å². The molecule has 18 heavy (non-hydrogen) atoms. The molecule has 0 aliphatic carbocycles. The van der Waals surface area contributed by atoms with Crippen molar-refractivity contribution in [3.63, 3.8) is 0 Å². The van der Waals surface area contributed by atoms with Gasteiger partial charge in [0.15, 0.2) is 0 Å². The van der Waals surface area contributed by atoms with Crippen molar-refractivity contribution < 1.29 is 22.8 Å². The van der Waals surface area contributed by atoms with E-state index in [1.807, 2.05) is 0 Å². The van der Waals surface area contributed by atoms with Gasteiger partial charge >= 0.3 is 6.18 Å². The molecule has 1 aromatic carbocycles. The van der Waals surface area contributed by atoms with Gasteiger partial charge in [0, 0.05) is 12.1 Å². The summed E-state index contributed by atoms with van der Waals surface area (Å²) in [5.41, 5.74) is -0.782. The minimum atomic E-state index is -4.82. The first-order chi connectivity index (χ1) is 8.25. The number of hydrogen-bond donors (Lipinski definition) is 0. The van der Waals surface area contributed by atoms with Crippen molar-refractivity contribution in [2.75, 3.05) is 7.11 Å². The minimum Gasteiger partial charge on any atom is -0.494 e. The van der Waals surface area contributed by atoms with Crippen molar-refractivity contribution in [1.82, 2.24) is 0 Å². The van der Waals surface area contributed by atoms with Crippen LogP contribution in [0, 0.1) is 10.1 Å². The molecule has 1 aromatic rings. The van der Waals surface area contributed by atoms with Gasteiger partial charge in [0.2, 0.25) is 5.17 Å². The quantitative estimate of drug-likeness (QED) is 0.484. The topological polar surface area (TPSA) is 64.7 Å². The van der Waals surface area contributed by atoms with Gasteiger partial charge in [-0.3, -0.25) is 10.1 Å². The molecule has 5 nitrogen and oxygen atoms in total. The lowest BCUT2D eigenvalue weighted by atomic mass is 10.2. The number of nitro groups is 1. The Morgan fingerprint density at radius 2 is 2.11 bits per heavy atom. The molecule has 0 saturated carbocycles. The summed E-state index contributed by atoms with van der Waals surface area (Å²) in [4.78, 5) is 12.8. The highest BCUT2D eigenvalue weighted by Gasteiger charge is 2.34. The third kappa shape index (κ3) is 3.33. The number of rotatable bonds is 3. The highest BCUT2D eigenvalue weighted by Crippen LogP contribution is 2.33. The lowest BCUT2D eigenvalue weighted by Crippen LogP contribution is -2.16. The van der Waals surface area contributed by atoms with E-state index in [1.54, 1.807) is 0 Å². The van der Waals surface area contributed by atoms with Crippen LogP contribution in [-0.2, 0) is 0 Å². The molecule has 0 spiro atoms. The number of aliphatic imine (C=N–C) groups is 1. The molecule has 0 atom stereocenters. The first-order valence-electron chi connectivity index (χ1n) is 4.39. The van der Waals surface area contributed by atoms with Crippen LogP contribution in [0.1, 0.15) is 0 Å². The Morgan fingerprint density at radius 1 is 1.50 bits per heavy atom. The number of hydrogen-bond acceptors (Lipinski definition) is 4. The molecule has 0 unspecified atom stereocenters. The van der Waals surface area contributed by atoms with Gasteiger partial charge in [0.25, 0.3) is 5.69 Å². The van der Waals surface area contributed by atoms with Gasteiger partial charge in [-0.15, -0.1) is 0 Å². The van der Waals surface area contributed by atoms with Gasteiger partial charge < -0.3 is 4.74 Å². The number of nitrogens with zero attached hydrogens (tertiary/aromatic N) is 2. The maximum atomic E-state index is 12.2. The second-order valence-electron chi connectivity index (χ2n) is 3.01. The summed E-state index contributed by atoms with van der Waals surface area (Å²) in [6, 6.07) is 3.06. The summed E-state index contributed by atoms with van der Waals surface area (Å²) in [6.07, 6.45) is -4.82. The summed E-state index contributed by atoms with van der Waals surface area (Å²) >= 11 is 4.95. The van der Waals surface area contributed by atoms with Crippen LogP contribution in [0.4, 0.5) is 24.5 Å². The summed E-state index contributed by atoms with van der Waals surface area (Å²) in [7, 11) is 1.20. The number of non-ortho nitro benzene ring substituents is 1. The summed E-state index contributed by atoms with van der Waals surface area (Å²) in [5.74, 6) is -0.0528. The molecular weight excluding hydrogens is 277 g/mol. The zero-order chi connectivity index (χ0) is 13.9. The molecule has 0 aromatic heterocycles. The van der Waals surface area contributed by atoms with Crippen molar-refractivity contribution >= 4 is 28.1 Å². The van der Waals surface area contributed by atoms with E-state index in [2.05, 4.69) is 4.99 Å². The van der Waals surface area contributed by atoms with Gasteiger partial charge in [0.05, 0.1) is 12.0 Å². The fourth-order valence-corrected chi connectivity index (χ4v) is 1.14. The highest BCUT2D eigenvalue weighted by atomic mass is 35.5. The Kier molecular flexibility index (Phi) is 4.12. The first-order valence-corrected chi connectivity index (χ1v) is 4.77. The van der Waals surface area contributed by atoms with Crippen LogP contribution >= 0.6 is 11.6 Å². The SMILES string of the molecule is COc1ccc([N+](=O)[O-])cc1N=C(Cl)C(F)(F)F. The van der Waals surface area contributed by atoms with E-state index in [0.29, 0.717) is 0 Å². The Morgan fingerprint density at radius 3 is 2.56 bits per heavy atom. The molecule has 0 saturated heterocycles. The second-order valence-corrected chi connectivity index (χ2v) is 3.37. The lowest BCUT2D eigenvalue weighted by molar-refractivity contribution is -0.384. The van der Waals surface area contributed by atoms with E-state index in [9.17, 15) is 23.3 Å². The molecule has 0 N–H and O–H groups in total. The van der Waals surface area contributed by atoms with Crippen molar-refractivity contribution in [3.05, 3.63) is 28.3 Å². The lowest BCUT2D eigenvalue weighted by Gasteiger charge is -2.06. The third-order valence-corrected chi connectivity index (χ3v) is 2.12. The van der Waals surface area contributed by atoms with E-state index in [4.69, 9.17) is 16.3 Å². The second kappa shape index (κ2) is 5.21. The monoisotopic (exact) mass is 282 g/mol. The number of alkyl halides is 3. The molecule has 0 heterocycles. The minimum absolute atomic E-state index is 0.0528. The maximum absolute atomic E-state index is 12.2. The molecular formula is C9H6ClF3N2O3. The van der Waals surface area contributed by atoms with E-state index < -0.39 is 22.0 Å². The van der Waals surface area contributed by atoms with Crippen LogP contribution in [-0.4, -0.2) is 23.4 Å². The molecule has 0 fully saturated rings. The molecule has 0 radical (unpaired) electrons. The van der Waals surface area contributed by atoms with Crippen molar-refractivity contribution in [1.29, 1.82) is 0 Å². The van der Waals surface area contributed by atoms with E-state index in [0.717, 1.165) is 18.2 Å². The number of nitro benzene ring substituents is 1. The van der Waals surface area contributed by atoms with Crippen LogP contribution in [0.2, 0.25) is 0 Å². The van der Waals surface area contributed by atoms with Crippen LogP contribution < -0.4 is 4.74 Å². The van der Waals surface area contributed by atoms with Crippen LogP contribution in [0.25, 0.3) is 0 Å². The smallest absolute Gasteiger partial charge is 0.444 e. The average Bonchev–Trinajstić information content (AvgIpc) is 2.27. The Balaban J connectivity index is 3.29. The first kappa shape index (κ1) is 14.2. The summed E-state index contributed by atoms with van der Waals surface area (Å²) in [6.45, 7) is 0. The number of ether oxygens (including phenoxy) is 1. The molecule has 9 heteroatoms. The van der Waals surface area contributed by atoms with E-state index >= 15 is 0 Å². The van der Waals surface area contributed by atoms with Gasteiger partial charge in [-0.05, 0) is 6.07 Å². The summed E-state index contributed by atoms with van der Waals surface area (Å²) in [5, 5.41) is 8.86. The predicted octanol–water partition coefficient (Wildman–Crippen LogP) is 3.43. The van der Waals surface area contributed by atoms with E-state index in [1.165, 1.54) is 7.11 Å². The predicted molar refractivity (Wildman–Crippen MR) is 58.7 cm³/mol. The van der Waals surface area contributed by atoms with Gasteiger partial charge in [-0.2, -0.15) is 13.2 Å². The summed E-state index contributed by atoms with van der Waals surface area (Å²) < 4.78 is 41.3. The van der Waals surface area contributed by atoms with E-state index in [-0.39, 0.29) is 11.4 Å². The van der Waals surface area contributed by atoms with Crippen molar-refractivity contribution in [2.24, 2.45) is 4.99 Å². The molecule has 1 rings (SSSR count). The van der Waals surface area contributed by atoms with Gasteiger partial charge in [0.1, 0.15) is 11.4 Å². The standard InChI is InChI=1S/C9H6ClF3N2O3/c1-18-7-3-2-5(15(16)17)4-6(7)14-8(10)9(11,12)13/h2-4H,1H3. The van der Waals surface area contributed by atoms with Crippen molar-refractivity contribution in [3.8, 4) is 5.75 Å². The third-order valence-electron chi connectivity index (χ3n) is 1.83.